The maximum atomic E-state index is 5.75. The maximum Gasteiger partial charge on any atom is 0.120 e. The summed E-state index contributed by atoms with van der Waals surface area (Å²) in [5, 5.41) is 0. The third-order valence-corrected chi connectivity index (χ3v) is 2.97. The molecule has 0 heterocycles. The van der Waals surface area contributed by atoms with Gasteiger partial charge in [-0.1, -0.05) is 30.3 Å². The minimum atomic E-state index is 0.0426. The van der Waals surface area contributed by atoms with Gasteiger partial charge in [-0.15, -0.1) is 0 Å². The summed E-state index contributed by atoms with van der Waals surface area (Å²) < 4.78 is 16.8. The van der Waals surface area contributed by atoms with Gasteiger partial charge in [-0.2, -0.15) is 0 Å². The van der Waals surface area contributed by atoms with Crippen LogP contribution in [-0.4, -0.2) is 19.3 Å². The molecule has 2 aromatic carbocycles. The van der Waals surface area contributed by atoms with Crippen LogP contribution in [-0.2, 0) is 11.3 Å². The van der Waals surface area contributed by atoms with E-state index in [0.29, 0.717) is 19.8 Å². The van der Waals surface area contributed by atoms with E-state index in [2.05, 4.69) is 0 Å². The average molecular weight is 286 g/mol. The number of hydrogen-bond donors (Lipinski definition) is 0. The molecule has 0 aromatic heterocycles. The molecule has 3 heteroatoms. The van der Waals surface area contributed by atoms with Crippen molar-refractivity contribution in [3.63, 3.8) is 0 Å². The van der Waals surface area contributed by atoms with Crippen LogP contribution < -0.4 is 9.47 Å². The second-order valence-corrected chi connectivity index (χ2v) is 4.83. The normalized spacial score (nSPS) is 11.9. The zero-order valence-electron chi connectivity index (χ0n) is 12.6. The molecule has 0 bridgehead atoms. The molecule has 0 unspecified atom stereocenters. The summed E-state index contributed by atoms with van der Waals surface area (Å²) in [5.41, 5.74) is 1.16. The Hall–Kier alpha value is -2.00. The molecule has 0 saturated heterocycles. The van der Waals surface area contributed by atoms with Crippen LogP contribution in [0.1, 0.15) is 19.4 Å². The quantitative estimate of drug-likeness (QED) is 0.732. The van der Waals surface area contributed by atoms with Crippen molar-refractivity contribution in [2.75, 3.05) is 13.2 Å². The van der Waals surface area contributed by atoms with Crippen LogP contribution >= 0.6 is 0 Å². The molecule has 0 N–H and O–H groups in total. The van der Waals surface area contributed by atoms with Crippen LogP contribution in [0, 0.1) is 0 Å². The zero-order chi connectivity index (χ0) is 14.9. The van der Waals surface area contributed by atoms with Crippen molar-refractivity contribution in [1.82, 2.24) is 0 Å². The van der Waals surface area contributed by atoms with Crippen molar-refractivity contribution in [2.24, 2.45) is 0 Å². The summed E-state index contributed by atoms with van der Waals surface area (Å²) in [7, 11) is 0. The first kappa shape index (κ1) is 15.4. The Morgan fingerprint density at radius 3 is 2.24 bits per heavy atom. The average Bonchev–Trinajstić information content (AvgIpc) is 2.53. The van der Waals surface area contributed by atoms with E-state index in [1.807, 2.05) is 68.4 Å². The van der Waals surface area contributed by atoms with E-state index in [-0.39, 0.29) is 6.10 Å². The van der Waals surface area contributed by atoms with Gasteiger partial charge in [0.05, 0.1) is 6.61 Å². The Labute approximate surface area is 126 Å². The van der Waals surface area contributed by atoms with Crippen molar-refractivity contribution in [3.8, 4) is 11.5 Å². The highest BCUT2D eigenvalue weighted by Crippen LogP contribution is 2.19. The van der Waals surface area contributed by atoms with E-state index < -0.39 is 0 Å². The highest BCUT2D eigenvalue weighted by Gasteiger charge is 2.04. The largest absolute Gasteiger partial charge is 0.489 e. The standard InChI is InChI=1S/C18H22O3/c1-3-19-13-15(2)21-18-11-9-17(10-12-18)20-14-16-7-5-4-6-8-16/h4-12,15H,3,13-14H2,1-2H3/t15-/m1/s1. The fourth-order valence-corrected chi connectivity index (χ4v) is 1.91. The minimum Gasteiger partial charge on any atom is -0.489 e. The highest BCUT2D eigenvalue weighted by atomic mass is 16.5. The van der Waals surface area contributed by atoms with Gasteiger partial charge in [0, 0.05) is 6.61 Å². The molecule has 0 saturated carbocycles. The lowest BCUT2D eigenvalue weighted by atomic mass is 10.2. The molecule has 1 atom stereocenters. The fraction of sp³-hybridized carbons (Fsp3) is 0.333. The summed E-state index contributed by atoms with van der Waals surface area (Å²) in [6.07, 6.45) is 0.0426. The van der Waals surface area contributed by atoms with Gasteiger partial charge in [0.25, 0.3) is 0 Å². The van der Waals surface area contributed by atoms with Crippen LogP contribution in [0.5, 0.6) is 11.5 Å². The van der Waals surface area contributed by atoms with Gasteiger partial charge in [-0.05, 0) is 43.7 Å². The molecule has 112 valence electrons. The smallest absolute Gasteiger partial charge is 0.120 e. The first-order chi connectivity index (χ1) is 10.3. The number of ether oxygens (including phenoxy) is 3. The fourth-order valence-electron chi connectivity index (χ4n) is 1.91. The molecule has 0 amide bonds. The zero-order valence-corrected chi connectivity index (χ0v) is 12.6. The van der Waals surface area contributed by atoms with Crippen LogP contribution in [0.25, 0.3) is 0 Å². The summed E-state index contributed by atoms with van der Waals surface area (Å²) in [4.78, 5) is 0. The van der Waals surface area contributed by atoms with Crippen molar-refractivity contribution >= 4 is 0 Å². The van der Waals surface area contributed by atoms with Crippen molar-refractivity contribution < 1.29 is 14.2 Å². The molecule has 0 aliphatic carbocycles. The summed E-state index contributed by atoms with van der Waals surface area (Å²) >= 11 is 0. The van der Waals surface area contributed by atoms with E-state index in [1.54, 1.807) is 0 Å². The molecule has 0 radical (unpaired) electrons. The Balaban J connectivity index is 1.81. The Morgan fingerprint density at radius 2 is 1.57 bits per heavy atom. The molecule has 3 nitrogen and oxygen atoms in total. The van der Waals surface area contributed by atoms with Gasteiger partial charge < -0.3 is 14.2 Å². The highest BCUT2D eigenvalue weighted by molar-refractivity contribution is 5.31. The predicted molar refractivity (Wildman–Crippen MR) is 83.8 cm³/mol. The van der Waals surface area contributed by atoms with Crippen molar-refractivity contribution in [3.05, 3.63) is 60.2 Å². The van der Waals surface area contributed by atoms with Gasteiger partial charge >= 0.3 is 0 Å². The number of rotatable bonds is 8. The van der Waals surface area contributed by atoms with Crippen molar-refractivity contribution in [1.29, 1.82) is 0 Å². The Bertz CT molecular complexity index is 508. The first-order valence-corrected chi connectivity index (χ1v) is 7.29. The predicted octanol–water partition coefficient (Wildman–Crippen LogP) is 4.07. The topological polar surface area (TPSA) is 27.7 Å². The second kappa shape index (κ2) is 8.32. The van der Waals surface area contributed by atoms with Gasteiger partial charge in [-0.25, -0.2) is 0 Å². The molecular weight excluding hydrogens is 264 g/mol. The van der Waals surface area contributed by atoms with Crippen LogP contribution in [0.4, 0.5) is 0 Å². The van der Waals surface area contributed by atoms with E-state index in [9.17, 15) is 0 Å². The summed E-state index contributed by atoms with van der Waals surface area (Å²) in [6.45, 7) is 5.85. The Kier molecular flexibility index (Phi) is 6.10. The maximum absolute atomic E-state index is 5.75. The van der Waals surface area contributed by atoms with E-state index in [0.717, 1.165) is 17.1 Å². The molecule has 21 heavy (non-hydrogen) atoms. The molecule has 0 spiro atoms. The van der Waals surface area contributed by atoms with Crippen LogP contribution in [0.2, 0.25) is 0 Å². The lowest BCUT2D eigenvalue weighted by molar-refractivity contribution is 0.0657. The van der Waals surface area contributed by atoms with Gasteiger partial charge in [-0.3, -0.25) is 0 Å². The molecule has 2 aromatic rings. The SMILES string of the molecule is CCOC[C@@H](C)Oc1ccc(OCc2ccccc2)cc1. The van der Waals surface area contributed by atoms with Crippen molar-refractivity contribution in [2.45, 2.75) is 26.6 Å². The molecule has 0 aliphatic heterocycles. The summed E-state index contributed by atoms with van der Waals surface area (Å²) in [5.74, 6) is 1.66. The second-order valence-electron chi connectivity index (χ2n) is 4.83. The summed E-state index contributed by atoms with van der Waals surface area (Å²) in [6, 6.07) is 17.8. The lowest BCUT2D eigenvalue weighted by Crippen LogP contribution is -2.18. The van der Waals surface area contributed by atoms with Gasteiger partial charge in [0.2, 0.25) is 0 Å². The van der Waals surface area contributed by atoms with Gasteiger partial charge in [0.15, 0.2) is 0 Å². The third-order valence-electron chi connectivity index (χ3n) is 2.97. The molecule has 0 fully saturated rings. The van der Waals surface area contributed by atoms with Gasteiger partial charge in [0.1, 0.15) is 24.2 Å². The number of benzene rings is 2. The van der Waals surface area contributed by atoms with Crippen LogP contribution in [0.15, 0.2) is 54.6 Å². The van der Waals surface area contributed by atoms with Crippen LogP contribution in [0.3, 0.4) is 0 Å². The number of hydrogen-bond acceptors (Lipinski definition) is 3. The van der Waals surface area contributed by atoms with E-state index in [4.69, 9.17) is 14.2 Å². The monoisotopic (exact) mass is 286 g/mol. The third kappa shape index (κ3) is 5.48. The minimum absolute atomic E-state index is 0.0426. The first-order valence-electron chi connectivity index (χ1n) is 7.29. The lowest BCUT2D eigenvalue weighted by Gasteiger charge is -2.14. The molecule has 2 rings (SSSR count). The van der Waals surface area contributed by atoms with E-state index >= 15 is 0 Å². The Morgan fingerprint density at radius 1 is 0.905 bits per heavy atom. The molecular formula is C18H22O3. The molecule has 0 aliphatic rings. The van der Waals surface area contributed by atoms with E-state index in [1.165, 1.54) is 0 Å².